The summed E-state index contributed by atoms with van der Waals surface area (Å²) in [5.41, 5.74) is 6.93. The zero-order valence-electron chi connectivity index (χ0n) is 24.2. The molecule has 1 aliphatic heterocycles. The Morgan fingerprint density at radius 3 is 2.10 bits per heavy atom. The van der Waals surface area contributed by atoms with E-state index in [1.54, 1.807) is 0 Å². The second-order valence-corrected chi connectivity index (χ2v) is 13.8. The molecule has 4 heteroatoms. The van der Waals surface area contributed by atoms with E-state index >= 15 is 0 Å². The highest BCUT2D eigenvalue weighted by Crippen LogP contribution is 2.62. The Hall–Kier alpha value is -3.55. The van der Waals surface area contributed by atoms with Crippen LogP contribution in [0.15, 0.2) is 91.0 Å². The van der Waals surface area contributed by atoms with Gasteiger partial charge in [0.15, 0.2) is 0 Å². The molecule has 4 aromatic rings. The Labute approximate surface area is 239 Å². The number of hydrogen-bond donors (Lipinski definition) is 0. The number of hydrogen-bond acceptors (Lipinski definition) is 3. The fourth-order valence-electron chi connectivity index (χ4n) is 6.57. The first-order chi connectivity index (χ1) is 19.1. The van der Waals surface area contributed by atoms with E-state index < -0.39 is 8.60 Å². The van der Waals surface area contributed by atoms with Crippen molar-refractivity contribution in [2.75, 3.05) is 0 Å². The normalized spacial score (nSPS) is 21.0. The second kappa shape index (κ2) is 9.82. The van der Waals surface area contributed by atoms with Gasteiger partial charge in [0.2, 0.25) is 0 Å². The molecule has 2 aliphatic rings. The molecule has 0 bridgehead atoms. The van der Waals surface area contributed by atoms with Gasteiger partial charge in [-0.1, -0.05) is 126 Å². The van der Waals surface area contributed by atoms with Crippen molar-refractivity contribution in [2.24, 2.45) is 0 Å². The summed E-state index contributed by atoms with van der Waals surface area (Å²) >= 11 is 0. The summed E-state index contributed by atoms with van der Waals surface area (Å²) in [5.74, 6) is 2.42. The van der Waals surface area contributed by atoms with Gasteiger partial charge in [-0.2, -0.15) is 0 Å². The van der Waals surface area contributed by atoms with Crippen LogP contribution in [0.5, 0.6) is 17.2 Å². The Morgan fingerprint density at radius 1 is 0.725 bits per heavy atom. The van der Waals surface area contributed by atoms with Crippen molar-refractivity contribution in [1.29, 1.82) is 0 Å². The van der Waals surface area contributed by atoms with Crippen LogP contribution in [0.2, 0.25) is 0 Å². The molecule has 1 aliphatic carbocycles. The molecule has 40 heavy (non-hydrogen) atoms. The van der Waals surface area contributed by atoms with Crippen molar-refractivity contribution in [3.05, 3.63) is 124 Å². The minimum absolute atomic E-state index is 0.00545. The van der Waals surface area contributed by atoms with Crippen LogP contribution in [-0.4, -0.2) is 0 Å². The standard InChI is InChI=1S/C36H37O3P/c1-34(2,3)27-17-12-20-30-32(27)36(6)24-35(4,5)28-18-13-21-31(33(28)36)39-40(38-30)37-29-19-11-10-16-26(29)23-22-25-14-8-7-9-15-25/h7-23H,24H2,1-6H3/b23-22+/t36-,40?/m0/s1. The highest BCUT2D eigenvalue weighted by Gasteiger charge is 2.52. The van der Waals surface area contributed by atoms with Gasteiger partial charge < -0.3 is 13.6 Å². The molecule has 1 heterocycles. The van der Waals surface area contributed by atoms with Crippen molar-refractivity contribution in [2.45, 2.75) is 64.2 Å². The maximum Gasteiger partial charge on any atom is 0.530 e. The minimum atomic E-state index is -1.79. The summed E-state index contributed by atoms with van der Waals surface area (Å²) in [6, 6.07) is 31.2. The van der Waals surface area contributed by atoms with Gasteiger partial charge in [0.25, 0.3) is 0 Å². The molecule has 0 spiro atoms. The van der Waals surface area contributed by atoms with Gasteiger partial charge >= 0.3 is 8.60 Å². The van der Waals surface area contributed by atoms with Gasteiger partial charge in [-0.05, 0) is 52.1 Å². The zero-order chi connectivity index (χ0) is 28.1. The van der Waals surface area contributed by atoms with E-state index in [-0.39, 0.29) is 16.2 Å². The first-order valence-electron chi connectivity index (χ1n) is 14.0. The Bertz CT molecular complexity index is 1580. The molecule has 1 unspecified atom stereocenters. The van der Waals surface area contributed by atoms with Gasteiger partial charge in [0, 0.05) is 22.1 Å². The van der Waals surface area contributed by atoms with Crippen LogP contribution in [0.25, 0.3) is 12.2 Å². The predicted molar refractivity (Wildman–Crippen MR) is 166 cm³/mol. The first kappa shape index (κ1) is 26.7. The smallest absolute Gasteiger partial charge is 0.408 e. The molecule has 0 N–H and O–H groups in total. The SMILES string of the molecule is CC(C)(C)c1cccc2c1[C@]1(C)CC(C)(C)c3cccc(c31)OP(Oc1ccccc1/C=C/c1ccccc1)O2. The van der Waals surface area contributed by atoms with Crippen LogP contribution in [0, 0.1) is 0 Å². The summed E-state index contributed by atoms with van der Waals surface area (Å²) in [6.45, 7) is 13.9. The maximum absolute atomic E-state index is 6.74. The predicted octanol–water partition coefficient (Wildman–Crippen LogP) is 10.2. The molecule has 0 aromatic heterocycles. The molecule has 0 saturated heterocycles. The highest BCUT2D eigenvalue weighted by atomic mass is 31.2. The Morgan fingerprint density at radius 2 is 1.38 bits per heavy atom. The van der Waals surface area contributed by atoms with Crippen LogP contribution in [0.3, 0.4) is 0 Å². The molecule has 2 atom stereocenters. The van der Waals surface area contributed by atoms with Crippen molar-refractivity contribution >= 4 is 20.8 Å². The lowest BCUT2D eigenvalue weighted by Crippen LogP contribution is -2.30. The lowest BCUT2D eigenvalue weighted by atomic mass is 9.69. The third kappa shape index (κ3) is 4.71. The fraction of sp³-hybridized carbons (Fsp3) is 0.278. The minimum Gasteiger partial charge on any atom is -0.408 e. The summed E-state index contributed by atoms with van der Waals surface area (Å²) in [7, 11) is -1.79. The Kier molecular flexibility index (Phi) is 6.55. The number of para-hydroxylation sites is 1. The van der Waals surface area contributed by atoms with Crippen LogP contribution < -0.4 is 13.6 Å². The molecular formula is C36H37O3P. The van der Waals surface area contributed by atoms with E-state index in [0.29, 0.717) is 0 Å². The number of rotatable bonds is 4. The number of benzene rings is 4. The summed E-state index contributed by atoms with van der Waals surface area (Å²) < 4.78 is 20.0. The molecule has 0 radical (unpaired) electrons. The van der Waals surface area contributed by atoms with Gasteiger partial charge in [-0.15, -0.1) is 0 Å². The van der Waals surface area contributed by atoms with Crippen LogP contribution in [-0.2, 0) is 16.2 Å². The van der Waals surface area contributed by atoms with E-state index in [2.05, 4.69) is 108 Å². The third-order valence-electron chi connectivity index (χ3n) is 8.18. The zero-order valence-corrected chi connectivity index (χ0v) is 25.1. The molecule has 204 valence electrons. The molecule has 0 amide bonds. The van der Waals surface area contributed by atoms with E-state index in [9.17, 15) is 0 Å². The first-order valence-corrected chi connectivity index (χ1v) is 15.1. The lowest BCUT2D eigenvalue weighted by Gasteiger charge is -2.38. The maximum atomic E-state index is 6.74. The van der Waals surface area contributed by atoms with Crippen molar-refractivity contribution < 1.29 is 13.6 Å². The van der Waals surface area contributed by atoms with Gasteiger partial charge in [0.05, 0.1) is 0 Å². The van der Waals surface area contributed by atoms with Crippen LogP contribution in [0.4, 0.5) is 0 Å². The topological polar surface area (TPSA) is 27.7 Å². The molecule has 6 rings (SSSR count). The number of fused-ring (bicyclic) bond motifs is 2. The van der Waals surface area contributed by atoms with Crippen LogP contribution in [0.1, 0.15) is 81.3 Å². The van der Waals surface area contributed by atoms with Crippen molar-refractivity contribution in [3.63, 3.8) is 0 Å². The van der Waals surface area contributed by atoms with Crippen LogP contribution >= 0.6 is 8.60 Å². The highest BCUT2D eigenvalue weighted by molar-refractivity contribution is 7.43. The molecule has 3 nitrogen and oxygen atoms in total. The van der Waals surface area contributed by atoms with E-state index in [1.807, 2.05) is 36.4 Å². The monoisotopic (exact) mass is 548 g/mol. The summed E-state index contributed by atoms with van der Waals surface area (Å²) in [6.07, 6.45) is 5.15. The quantitative estimate of drug-likeness (QED) is 0.188. The summed E-state index contributed by atoms with van der Waals surface area (Å²) in [5, 5.41) is 0. The van der Waals surface area contributed by atoms with Gasteiger partial charge in [-0.25, -0.2) is 0 Å². The van der Waals surface area contributed by atoms with Crippen molar-refractivity contribution in [1.82, 2.24) is 0 Å². The van der Waals surface area contributed by atoms with Crippen molar-refractivity contribution in [3.8, 4) is 17.2 Å². The third-order valence-corrected chi connectivity index (χ3v) is 9.22. The molecule has 0 fully saturated rings. The average Bonchev–Trinajstić information content (AvgIpc) is 3.13. The van der Waals surface area contributed by atoms with E-state index in [1.165, 1.54) is 22.3 Å². The Balaban J connectivity index is 1.47. The molecule has 4 aromatic carbocycles. The van der Waals surface area contributed by atoms with E-state index in [0.717, 1.165) is 34.8 Å². The lowest BCUT2D eigenvalue weighted by molar-refractivity contribution is 0.354. The largest absolute Gasteiger partial charge is 0.530 e. The second-order valence-electron chi connectivity index (χ2n) is 12.8. The average molecular weight is 549 g/mol. The molecule has 0 saturated carbocycles. The molecular weight excluding hydrogens is 511 g/mol. The fourth-order valence-corrected chi connectivity index (χ4v) is 7.64. The van der Waals surface area contributed by atoms with E-state index in [4.69, 9.17) is 13.6 Å². The van der Waals surface area contributed by atoms with Gasteiger partial charge in [-0.3, -0.25) is 0 Å². The summed E-state index contributed by atoms with van der Waals surface area (Å²) in [4.78, 5) is 0. The van der Waals surface area contributed by atoms with Gasteiger partial charge in [0.1, 0.15) is 17.2 Å².